The van der Waals surface area contributed by atoms with Crippen LogP contribution in [0.4, 0.5) is 5.69 Å². The largest absolute Gasteiger partial charge is 0.380 e. The fraction of sp³-hybridized carbons (Fsp3) is 0.0667. The Morgan fingerprint density at radius 1 is 0.941 bits per heavy atom. The predicted molar refractivity (Wildman–Crippen MR) is 75.6 cm³/mol. The fourth-order valence-corrected chi connectivity index (χ4v) is 2.62. The third-order valence-electron chi connectivity index (χ3n) is 2.88. The van der Waals surface area contributed by atoms with Gasteiger partial charge in [0.05, 0.1) is 0 Å². The van der Waals surface area contributed by atoms with Gasteiger partial charge in [-0.2, -0.15) is 11.3 Å². The fourth-order valence-electron chi connectivity index (χ4n) is 2.01. The van der Waals surface area contributed by atoms with Gasteiger partial charge in [0.2, 0.25) is 0 Å². The van der Waals surface area contributed by atoms with Crippen LogP contribution in [0.3, 0.4) is 0 Å². The summed E-state index contributed by atoms with van der Waals surface area (Å²) < 4.78 is 0. The number of hydrogen-bond acceptors (Lipinski definition) is 2. The Morgan fingerprint density at radius 3 is 2.71 bits per heavy atom. The molecule has 84 valence electrons. The molecule has 0 saturated carbocycles. The second-order valence-corrected chi connectivity index (χ2v) is 4.78. The van der Waals surface area contributed by atoms with Crippen LogP contribution in [0.5, 0.6) is 0 Å². The predicted octanol–water partition coefficient (Wildman–Crippen LogP) is 4.51. The molecule has 0 radical (unpaired) electrons. The molecule has 0 atom stereocenters. The Bertz CT molecular complexity index is 608. The van der Waals surface area contributed by atoms with Crippen LogP contribution in [-0.2, 0) is 6.54 Å². The Kier molecular flexibility index (Phi) is 2.80. The van der Waals surface area contributed by atoms with Gasteiger partial charge >= 0.3 is 0 Å². The molecule has 0 amide bonds. The summed E-state index contributed by atoms with van der Waals surface area (Å²) in [5.41, 5.74) is 2.54. The summed E-state index contributed by atoms with van der Waals surface area (Å²) >= 11 is 1.72. The normalized spacial score (nSPS) is 10.6. The van der Waals surface area contributed by atoms with Crippen molar-refractivity contribution in [3.8, 4) is 0 Å². The molecule has 1 heterocycles. The van der Waals surface area contributed by atoms with Gasteiger partial charge in [0, 0.05) is 17.6 Å². The van der Waals surface area contributed by atoms with Crippen LogP contribution in [0.2, 0.25) is 0 Å². The molecular weight excluding hydrogens is 226 g/mol. The topological polar surface area (TPSA) is 12.0 Å². The minimum Gasteiger partial charge on any atom is -0.380 e. The minimum atomic E-state index is 0.873. The molecule has 3 rings (SSSR count). The summed E-state index contributed by atoms with van der Waals surface area (Å²) in [5.74, 6) is 0. The van der Waals surface area contributed by atoms with E-state index in [0.29, 0.717) is 0 Å². The Morgan fingerprint density at radius 2 is 1.82 bits per heavy atom. The summed E-state index contributed by atoms with van der Waals surface area (Å²) in [6.07, 6.45) is 0. The molecule has 2 heteroatoms. The molecule has 0 fully saturated rings. The average molecular weight is 239 g/mol. The van der Waals surface area contributed by atoms with Gasteiger partial charge in [0.25, 0.3) is 0 Å². The van der Waals surface area contributed by atoms with Crippen molar-refractivity contribution in [1.82, 2.24) is 0 Å². The third kappa shape index (κ3) is 2.17. The van der Waals surface area contributed by atoms with Crippen LogP contribution >= 0.6 is 11.3 Å². The molecule has 1 aromatic heterocycles. The lowest BCUT2D eigenvalue weighted by molar-refractivity contribution is 1.17. The molecule has 0 aliphatic carbocycles. The van der Waals surface area contributed by atoms with Crippen LogP contribution in [-0.4, -0.2) is 0 Å². The highest BCUT2D eigenvalue weighted by Crippen LogP contribution is 2.20. The maximum Gasteiger partial charge on any atom is 0.0451 e. The average Bonchev–Trinajstić information content (AvgIpc) is 2.89. The van der Waals surface area contributed by atoms with E-state index >= 15 is 0 Å². The quantitative estimate of drug-likeness (QED) is 0.709. The summed E-state index contributed by atoms with van der Waals surface area (Å²) in [6.45, 7) is 0.873. The van der Waals surface area contributed by atoms with Gasteiger partial charge in [-0.1, -0.05) is 42.5 Å². The van der Waals surface area contributed by atoms with Crippen LogP contribution in [0.15, 0.2) is 59.3 Å². The first-order valence-electron chi connectivity index (χ1n) is 5.66. The summed E-state index contributed by atoms with van der Waals surface area (Å²) in [4.78, 5) is 0. The van der Waals surface area contributed by atoms with Crippen molar-refractivity contribution in [3.05, 3.63) is 64.9 Å². The molecule has 0 saturated heterocycles. The summed E-state index contributed by atoms with van der Waals surface area (Å²) in [6, 6.07) is 17.1. The smallest absolute Gasteiger partial charge is 0.0451 e. The highest BCUT2D eigenvalue weighted by molar-refractivity contribution is 7.08. The molecule has 0 unspecified atom stereocenters. The van der Waals surface area contributed by atoms with Crippen LogP contribution in [0, 0.1) is 0 Å². The molecule has 0 bridgehead atoms. The molecule has 3 aromatic rings. The first kappa shape index (κ1) is 10.4. The van der Waals surface area contributed by atoms with Gasteiger partial charge in [0.1, 0.15) is 0 Å². The maximum absolute atomic E-state index is 3.44. The van der Waals surface area contributed by atoms with Crippen molar-refractivity contribution < 1.29 is 0 Å². The zero-order chi connectivity index (χ0) is 11.5. The molecule has 1 N–H and O–H groups in total. The zero-order valence-electron chi connectivity index (χ0n) is 9.39. The van der Waals surface area contributed by atoms with E-state index in [0.717, 1.165) is 6.54 Å². The molecule has 0 aliphatic rings. The standard InChI is InChI=1S/C15H13NS/c1-2-7-15-12(4-1)5-3-6-13(15)10-16-14-8-9-17-11-14/h1-9,11,16H,10H2. The van der Waals surface area contributed by atoms with Gasteiger partial charge in [0.15, 0.2) is 0 Å². The van der Waals surface area contributed by atoms with Gasteiger partial charge < -0.3 is 5.32 Å². The van der Waals surface area contributed by atoms with Gasteiger partial charge in [-0.25, -0.2) is 0 Å². The van der Waals surface area contributed by atoms with E-state index in [1.54, 1.807) is 11.3 Å². The monoisotopic (exact) mass is 239 g/mol. The van der Waals surface area contributed by atoms with Crippen LogP contribution in [0.25, 0.3) is 10.8 Å². The number of thiophene rings is 1. The Hall–Kier alpha value is -1.80. The van der Waals surface area contributed by atoms with E-state index in [1.807, 2.05) is 0 Å². The minimum absolute atomic E-state index is 0.873. The molecule has 0 aliphatic heterocycles. The van der Waals surface area contributed by atoms with Crippen LogP contribution in [0.1, 0.15) is 5.56 Å². The highest BCUT2D eigenvalue weighted by Gasteiger charge is 1.99. The number of nitrogens with one attached hydrogen (secondary N) is 1. The van der Waals surface area contributed by atoms with E-state index in [2.05, 4.69) is 64.6 Å². The summed E-state index contributed by atoms with van der Waals surface area (Å²) in [5, 5.41) is 10.3. The van der Waals surface area contributed by atoms with E-state index in [1.165, 1.54) is 22.0 Å². The lowest BCUT2D eigenvalue weighted by atomic mass is 10.0. The molecular formula is C15H13NS. The lowest BCUT2D eigenvalue weighted by Crippen LogP contribution is -1.98. The molecule has 1 nitrogen and oxygen atoms in total. The Labute approximate surface area is 105 Å². The van der Waals surface area contributed by atoms with Crippen molar-refractivity contribution in [2.45, 2.75) is 6.54 Å². The number of anilines is 1. The van der Waals surface area contributed by atoms with Crippen molar-refractivity contribution >= 4 is 27.8 Å². The van der Waals surface area contributed by atoms with Crippen molar-refractivity contribution in [2.24, 2.45) is 0 Å². The maximum atomic E-state index is 3.44. The van der Waals surface area contributed by atoms with Gasteiger partial charge in [-0.15, -0.1) is 0 Å². The number of hydrogen-bond donors (Lipinski definition) is 1. The van der Waals surface area contributed by atoms with Gasteiger partial charge in [-0.05, 0) is 27.8 Å². The second kappa shape index (κ2) is 4.60. The first-order chi connectivity index (χ1) is 8.43. The van der Waals surface area contributed by atoms with E-state index in [9.17, 15) is 0 Å². The van der Waals surface area contributed by atoms with E-state index in [-0.39, 0.29) is 0 Å². The second-order valence-electron chi connectivity index (χ2n) is 4.00. The highest BCUT2D eigenvalue weighted by atomic mass is 32.1. The zero-order valence-corrected chi connectivity index (χ0v) is 10.2. The molecule has 0 spiro atoms. The number of fused-ring (bicyclic) bond motifs is 1. The molecule has 17 heavy (non-hydrogen) atoms. The first-order valence-corrected chi connectivity index (χ1v) is 6.60. The lowest BCUT2D eigenvalue weighted by Gasteiger charge is -2.07. The summed E-state index contributed by atoms with van der Waals surface area (Å²) in [7, 11) is 0. The van der Waals surface area contributed by atoms with Crippen molar-refractivity contribution in [2.75, 3.05) is 5.32 Å². The van der Waals surface area contributed by atoms with Gasteiger partial charge in [-0.3, -0.25) is 0 Å². The SMILES string of the molecule is c1ccc2c(CNc3ccsc3)cccc2c1. The van der Waals surface area contributed by atoms with Crippen LogP contribution < -0.4 is 5.32 Å². The van der Waals surface area contributed by atoms with Crippen molar-refractivity contribution in [1.29, 1.82) is 0 Å². The third-order valence-corrected chi connectivity index (χ3v) is 3.57. The van der Waals surface area contributed by atoms with E-state index in [4.69, 9.17) is 0 Å². The van der Waals surface area contributed by atoms with Crippen molar-refractivity contribution in [3.63, 3.8) is 0 Å². The number of benzene rings is 2. The number of rotatable bonds is 3. The molecule has 2 aromatic carbocycles. The van der Waals surface area contributed by atoms with E-state index < -0.39 is 0 Å². The Balaban J connectivity index is 1.90.